The Labute approximate surface area is 149 Å². The van der Waals surface area contributed by atoms with Gasteiger partial charge in [0.05, 0.1) is 0 Å². The highest BCUT2D eigenvalue weighted by Gasteiger charge is 2.25. The molecule has 0 spiro atoms. The van der Waals surface area contributed by atoms with Crippen molar-refractivity contribution in [3.63, 3.8) is 0 Å². The first-order valence-electron chi connectivity index (χ1n) is 8.86. The maximum Gasteiger partial charge on any atom is 0.228 e. The fraction of sp³-hybridized carbons (Fsp3) is 0.333. The molecule has 0 aromatic heterocycles. The number of nitrogens with zero attached hydrogens (tertiary/aromatic N) is 2. The molecule has 1 aliphatic heterocycles. The Hall–Kier alpha value is -2.62. The lowest BCUT2D eigenvalue weighted by atomic mass is 10.1. The van der Waals surface area contributed by atoms with Crippen LogP contribution in [0, 0.1) is 0 Å². The van der Waals surface area contributed by atoms with Gasteiger partial charge in [-0.2, -0.15) is 0 Å². The van der Waals surface area contributed by atoms with Crippen molar-refractivity contribution in [3.8, 4) is 0 Å². The molecule has 130 valence electrons. The third-order valence-electron chi connectivity index (χ3n) is 4.78. The van der Waals surface area contributed by atoms with Gasteiger partial charge in [-0.3, -0.25) is 9.59 Å². The normalized spacial score (nSPS) is 12.8. The molecule has 2 aromatic carbocycles. The number of rotatable bonds is 5. The molecule has 3 rings (SSSR count). The van der Waals surface area contributed by atoms with Crippen molar-refractivity contribution in [1.82, 2.24) is 0 Å². The zero-order valence-corrected chi connectivity index (χ0v) is 14.9. The van der Waals surface area contributed by atoms with E-state index in [1.54, 1.807) is 11.8 Å². The molecule has 0 fully saturated rings. The molecule has 25 heavy (non-hydrogen) atoms. The van der Waals surface area contributed by atoms with Crippen LogP contribution in [0.5, 0.6) is 0 Å². The molecule has 0 aliphatic carbocycles. The van der Waals surface area contributed by atoms with E-state index in [0.717, 1.165) is 36.3 Å². The van der Waals surface area contributed by atoms with E-state index in [2.05, 4.69) is 13.0 Å². The van der Waals surface area contributed by atoms with E-state index >= 15 is 0 Å². The molecule has 4 nitrogen and oxygen atoms in total. The highest BCUT2D eigenvalue weighted by atomic mass is 16.2. The molecule has 0 saturated carbocycles. The summed E-state index contributed by atoms with van der Waals surface area (Å²) in [5.74, 6) is 0.0423. The van der Waals surface area contributed by atoms with E-state index in [1.165, 1.54) is 5.56 Å². The van der Waals surface area contributed by atoms with Crippen molar-refractivity contribution in [2.45, 2.75) is 33.1 Å². The van der Waals surface area contributed by atoms with Gasteiger partial charge >= 0.3 is 0 Å². The van der Waals surface area contributed by atoms with Crippen molar-refractivity contribution < 1.29 is 9.59 Å². The van der Waals surface area contributed by atoms with Crippen molar-refractivity contribution in [2.75, 3.05) is 22.9 Å². The Bertz CT molecular complexity index is 785. The average Bonchev–Trinajstić information content (AvgIpc) is 3.06. The number of aryl methyl sites for hydroxylation is 1. The van der Waals surface area contributed by atoms with Gasteiger partial charge in [0.2, 0.25) is 11.8 Å². The molecular formula is C21H24N2O2. The molecule has 0 unspecified atom stereocenters. The first-order chi connectivity index (χ1) is 12.1. The summed E-state index contributed by atoms with van der Waals surface area (Å²) >= 11 is 0. The van der Waals surface area contributed by atoms with Gasteiger partial charge in [0.1, 0.15) is 0 Å². The topological polar surface area (TPSA) is 40.6 Å². The van der Waals surface area contributed by atoms with E-state index in [4.69, 9.17) is 0 Å². The Kier molecular flexibility index (Phi) is 5.17. The largest absolute Gasteiger partial charge is 0.312 e. The number of para-hydroxylation sites is 2. The summed E-state index contributed by atoms with van der Waals surface area (Å²) in [6.45, 7) is 4.76. The van der Waals surface area contributed by atoms with Gasteiger partial charge < -0.3 is 9.80 Å². The van der Waals surface area contributed by atoms with Crippen molar-refractivity contribution in [2.24, 2.45) is 0 Å². The van der Waals surface area contributed by atoms with Crippen LogP contribution in [0.15, 0.2) is 48.5 Å². The highest BCUT2D eigenvalue weighted by Crippen LogP contribution is 2.28. The summed E-state index contributed by atoms with van der Waals surface area (Å²) in [5.41, 5.74) is 4.26. The monoisotopic (exact) mass is 336 g/mol. The van der Waals surface area contributed by atoms with Crippen LogP contribution >= 0.6 is 0 Å². The standard InChI is InChI=1S/C21H24N2O2/c1-3-17-8-4-6-10-19(17)22(16(2)24)15-13-21(25)23-14-12-18-9-5-7-11-20(18)23/h4-11H,3,12-15H2,1-2H3. The lowest BCUT2D eigenvalue weighted by Crippen LogP contribution is -2.36. The minimum Gasteiger partial charge on any atom is -0.312 e. The van der Waals surface area contributed by atoms with Crippen molar-refractivity contribution >= 4 is 23.2 Å². The Morgan fingerprint density at radius 2 is 1.80 bits per heavy atom. The first kappa shape index (κ1) is 17.2. The van der Waals surface area contributed by atoms with Crippen LogP contribution in [0.3, 0.4) is 0 Å². The second-order valence-corrected chi connectivity index (χ2v) is 6.33. The third kappa shape index (κ3) is 3.58. The Balaban J connectivity index is 1.72. The second-order valence-electron chi connectivity index (χ2n) is 6.33. The predicted molar refractivity (Wildman–Crippen MR) is 101 cm³/mol. The number of fused-ring (bicyclic) bond motifs is 1. The lowest BCUT2D eigenvalue weighted by Gasteiger charge is -2.25. The van der Waals surface area contributed by atoms with Gasteiger partial charge in [0.25, 0.3) is 0 Å². The van der Waals surface area contributed by atoms with Crippen LogP contribution in [-0.2, 0) is 22.4 Å². The van der Waals surface area contributed by atoms with Crippen LogP contribution in [-0.4, -0.2) is 24.9 Å². The summed E-state index contributed by atoms with van der Waals surface area (Å²) in [7, 11) is 0. The van der Waals surface area contributed by atoms with Crippen LogP contribution in [0.25, 0.3) is 0 Å². The fourth-order valence-corrected chi connectivity index (χ4v) is 3.46. The molecule has 4 heteroatoms. The van der Waals surface area contributed by atoms with Crippen LogP contribution in [0.4, 0.5) is 11.4 Å². The Morgan fingerprint density at radius 3 is 2.56 bits per heavy atom. The van der Waals surface area contributed by atoms with Crippen LogP contribution in [0.2, 0.25) is 0 Å². The van der Waals surface area contributed by atoms with E-state index in [-0.39, 0.29) is 11.8 Å². The minimum absolute atomic E-state index is 0.0319. The number of carbonyl (C=O) groups is 2. The Morgan fingerprint density at radius 1 is 1.08 bits per heavy atom. The first-order valence-corrected chi connectivity index (χ1v) is 8.86. The van der Waals surface area contributed by atoms with Gasteiger partial charge in [0.15, 0.2) is 0 Å². The minimum atomic E-state index is -0.0319. The number of hydrogen-bond donors (Lipinski definition) is 0. The van der Waals surface area contributed by atoms with Gasteiger partial charge in [-0.1, -0.05) is 43.3 Å². The number of amides is 2. The summed E-state index contributed by atoms with van der Waals surface area (Å²) in [6, 6.07) is 15.9. The SMILES string of the molecule is CCc1ccccc1N(CCC(=O)N1CCc2ccccc21)C(C)=O. The zero-order chi connectivity index (χ0) is 17.8. The van der Waals surface area contributed by atoms with E-state index < -0.39 is 0 Å². The molecule has 1 aliphatic rings. The highest BCUT2D eigenvalue weighted by molar-refractivity contribution is 5.97. The zero-order valence-electron chi connectivity index (χ0n) is 14.9. The maximum absolute atomic E-state index is 12.7. The summed E-state index contributed by atoms with van der Waals surface area (Å²) < 4.78 is 0. The number of benzene rings is 2. The molecule has 0 saturated heterocycles. The van der Waals surface area contributed by atoms with Gasteiger partial charge in [-0.15, -0.1) is 0 Å². The van der Waals surface area contributed by atoms with E-state index in [9.17, 15) is 9.59 Å². The predicted octanol–water partition coefficient (Wildman–Crippen LogP) is 3.58. The molecule has 1 heterocycles. The summed E-state index contributed by atoms with van der Waals surface area (Å²) in [6.07, 6.45) is 2.08. The molecule has 0 atom stereocenters. The summed E-state index contributed by atoms with van der Waals surface area (Å²) in [5, 5.41) is 0. The van der Waals surface area contributed by atoms with Crippen LogP contribution < -0.4 is 9.80 Å². The fourth-order valence-electron chi connectivity index (χ4n) is 3.46. The quantitative estimate of drug-likeness (QED) is 0.837. The lowest BCUT2D eigenvalue weighted by molar-refractivity contribution is -0.118. The number of hydrogen-bond acceptors (Lipinski definition) is 2. The van der Waals surface area contributed by atoms with Crippen LogP contribution in [0.1, 0.15) is 31.4 Å². The van der Waals surface area contributed by atoms with Gasteiger partial charge in [0, 0.05) is 37.8 Å². The summed E-state index contributed by atoms with van der Waals surface area (Å²) in [4.78, 5) is 28.4. The molecular weight excluding hydrogens is 312 g/mol. The average molecular weight is 336 g/mol. The third-order valence-corrected chi connectivity index (χ3v) is 4.78. The smallest absolute Gasteiger partial charge is 0.228 e. The van der Waals surface area contributed by atoms with E-state index in [1.807, 2.05) is 47.4 Å². The van der Waals surface area contributed by atoms with Crippen molar-refractivity contribution in [1.29, 1.82) is 0 Å². The maximum atomic E-state index is 12.7. The second kappa shape index (κ2) is 7.51. The molecule has 2 aromatic rings. The van der Waals surface area contributed by atoms with Crippen molar-refractivity contribution in [3.05, 3.63) is 59.7 Å². The molecule has 0 radical (unpaired) electrons. The van der Waals surface area contributed by atoms with Gasteiger partial charge in [-0.05, 0) is 36.1 Å². The van der Waals surface area contributed by atoms with E-state index in [0.29, 0.717) is 13.0 Å². The molecule has 0 N–H and O–H groups in total. The van der Waals surface area contributed by atoms with Gasteiger partial charge in [-0.25, -0.2) is 0 Å². The molecule has 0 bridgehead atoms. The molecule has 2 amide bonds. The number of anilines is 2. The number of carbonyl (C=O) groups excluding carboxylic acids is 2.